The molecule has 1 amide bonds. The smallest absolute Gasteiger partial charge is 0.270 e. The third kappa shape index (κ3) is 5.32. The van der Waals surface area contributed by atoms with Gasteiger partial charge in [-0.25, -0.2) is 18.7 Å². The van der Waals surface area contributed by atoms with Gasteiger partial charge in [-0.1, -0.05) is 36.4 Å². The quantitative estimate of drug-likeness (QED) is 0.639. The molecule has 0 aliphatic rings. The molecule has 0 aliphatic carbocycles. The van der Waals surface area contributed by atoms with Gasteiger partial charge < -0.3 is 15.5 Å². The van der Waals surface area contributed by atoms with Crippen LogP contribution in [0.15, 0.2) is 54.6 Å². The van der Waals surface area contributed by atoms with E-state index in [0.717, 1.165) is 12.1 Å². The lowest BCUT2D eigenvalue weighted by Crippen LogP contribution is -2.32. The minimum atomic E-state index is -0.762. The fourth-order valence-electron chi connectivity index (χ4n) is 2.57. The Bertz CT molecular complexity index is 975. The van der Waals surface area contributed by atoms with E-state index < -0.39 is 17.5 Å². The number of anilines is 2. The highest BCUT2D eigenvalue weighted by atomic mass is 19.1. The zero-order valence-corrected chi connectivity index (χ0v) is 16.1. The molecular formula is C21H21F2N5O. The van der Waals surface area contributed by atoms with Gasteiger partial charge in [0.2, 0.25) is 0 Å². The second-order valence-corrected chi connectivity index (χ2v) is 6.61. The average molecular weight is 397 g/mol. The summed E-state index contributed by atoms with van der Waals surface area (Å²) in [5, 5.41) is 5.41. The van der Waals surface area contributed by atoms with E-state index in [1.54, 1.807) is 12.1 Å². The maximum absolute atomic E-state index is 14.0. The van der Waals surface area contributed by atoms with Gasteiger partial charge in [0.15, 0.2) is 5.82 Å². The second-order valence-electron chi connectivity index (χ2n) is 6.61. The number of halogens is 2. The molecule has 0 atom stereocenters. The van der Waals surface area contributed by atoms with Crippen molar-refractivity contribution in [2.75, 3.05) is 32.5 Å². The summed E-state index contributed by atoms with van der Waals surface area (Å²) >= 11 is 0. The molecule has 0 fully saturated rings. The lowest BCUT2D eigenvalue weighted by atomic mass is 10.2. The average Bonchev–Trinajstić information content (AvgIpc) is 2.71. The van der Waals surface area contributed by atoms with Crippen LogP contribution in [0.25, 0.3) is 11.4 Å². The van der Waals surface area contributed by atoms with Gasteiger partial charge >= 0.3 is 0 Å². The summed E-state index contributed by atoms with van der Waals surface area (Å²) in [7, 11) is 3.80. The predicted molar refractivity (Wildman–Crippen MR) is 108 cm³/mol. The number of likely N-dealkylation sites (N-methyl/N-ethyl adjacent to an activating group) is 1. The van der Waals surface area contributed by atoms with Crippen molar-refractivity contribution in [2.24, 2.45) is 0 Å². The Morgan fingerprint density at radius 2 is 1.69 bits per heavy atom. The zero-order chi connectivity index (χ0) is 20.8. The van der Waals surface area contributed by atoms with Gasteiger partial charge in [0.1, 0.15) is 28.8 Å². The Balaban J connectivity index is 1.96. The number of hydrogen-bond donors (Lipinski definition) is 2. The number of para-hydroxylation sites is 1. The first-order chi connectivity index (χ1) is 13.9. The van der Waals surface area contributed by atoms with Crippen LogP contribution in [0.2, 0.25) is 0 Å². The van der Waals surface area contributed by atoms with Crippen LogP contribution >= 0.6 is 0 Å². The first kappa shape index (κ1) is 20.3. The van der Waals surface area contributed by atoms with Crippen molar-refractivity contribution in [3.63, 3.8) is 0 Å². The van der Waals surface area contributed by atoms with E-state index in [1.807, 2.05) is 37.2 Å². The first-order valence-electron chi connectivity index (χ1n) is 9.02. The highest BCUT2D eigenvalue weighted by Gasteiger charge is 2.15. The molecule has 150 valence electrons. The summed E-state index contributed by atoms with van der Waals surface area (Å²) in [6.45, 7) is 1.09. The van der Waals surface area contributed by atoms with Crippen molar-refractivity contribution in [3.8, 4) is 11.4 Å². The van der Waals surface area contributed by atoms with Crippen molar-refractivity contribution in [3.05, 3.63) is 71.9 Å². The maximum Gasteiger partial charge on any atom is 0.270 e. The summed E-state index contributed by atoms with van der Waals surface area (Å²) in [5.74, 6) is -1.54. The molecule has 29 heavy (non-hydrogen) atoms. The molecule has 2 N–H and O–H groups in total. The number of carbonyl (C=O) groups excluding carboxylic acids is 1. The minimum Gasteiger partial charge on any atom is -0.349 e. The molecule has 0 unspecified atom stereocenters. The fourth-order valence-corrected chi connectivity index (χ4v) is 2.57. The number of benzene rings is 2. The van der Waals surface area contributed by atoms with E-state index in [2.05, 4.69) is 20.6 Å². The summed E-state index contributed by atoms with van der Waals surface area (Å²) in [6.07, 6.45) is 0. The summed E-state index contributed by atoms with van der Waals surface area (Å²) in [6, 6.07) is 14.0. The van der Waals surface area contributed by atoms with E-state index in [4.69, 9.17) is 0 Å². The fraction of sp³-hybridized carbons (Fsp3) is 0.190. The largest absolute Gasteiger partial charge is 0.349 e. The maximum atomic E-state index is 14.0. The van der Waals surface area contributed by atoms with Gasteiger partial charge in [-0.15, -0.1) is 0 Å². The predicted octanol–water partition coefficient (Wildman–Crippen LogP) is 3.46. The zero-order valence-electron chi connectivity index (χ0n) is 16.1. The van der Waals surface area contributed by atoms with Crippen LogP contribution in [-0.4, -0.2) is 48.0 Å². The molecule has 0 saturated carbocycles. The summed E-state index contributed by atoms with van der Waals surface area (Å²) in [4.78, 5) is 23.1. The number of nitrogens with one attached hydrogen (secondary N) is 2. The van der Waals surface area contributed by atoms with Crippen LogP contribution in [0.1, 0.15) is 10.5 Å². The lowest BCUT2D eigenvalue weighted by Gasteiger charge is -2.13. The third-order valence-electron chi connectivity index (χ3n) is 4.05. The van der Waals surface area contributed by atoms with Crippen LogP contribution < -0.4 is 10.6 Å². The van der Waals surface area contributed by atoms with Gasteiger partial charge in [-0.05, 0) is 26.2 Å². The van der Waals surface area contributed by atoms with Crippen molar-refractivity contribution < 1.29 is 13.6 Å². The molecule has 0 aliphatic heterocycles. The number of rotatable bonds is 7. The SMILES string of the molecule is CN(C)CCNC(=O)c1cc(Nc2c(F)cccc2F)nc(-c2ccccc2)n1. The molecule has 0 bridgehead atoms. The summed E-state index contributed by atoms with van der Waals surface area (Å²) < 4.78 is 28.1. The van der Waals surface area contributed by atoms with Gasteiger partial charge in [0, 0.05) is 24.7 Å². The molecule has 0 saturated heterocycles. The molecule has 0 radical (unpaired) electrons. The Morgan fingerprint density at radius 1 is 1.00 bits per heavy atom. The number of hydrogen-bond acceptors (Lipinski definition) is 5. The van der Waals surface area contributed by atoms with E-state index >= 15 is 0 Å². The van der Waals surface area contributed by atoms with Crippen LogP contribution in [0, 0.1) is 11.6 Å². The van der Waals surface area contributed by atoms with Gasteiger partial charge in [-0.2, -0.15) is 0 Å². The van der Waals surface area contributed by atoms with Crippen molar-refractivity contribution in [1.29, 1.82) is 0 Å². The Morgan fingerprint density at radius 3 is 2.34 bits per heavy atom. The molecule has 2 aromatic carbocycles. The van der Waals surface area contributed by atoms with E-state index in [1.165, 1.54) is 12.1 Å². The second kappa shape index (κ2) is 9.20. The van der Waals surface area contributed by atoms with E-state index in [9.17, 15) is 13.6 Å². The van der Waals surface area contributed by atoms with Crippen LogP contribution in [-0.2, 0) is 0 Å². The topological polar surface area (TPSA) is 70.2 Å². The molecule has 0 spiro atoms. The lowest BCUT2D eigenvalue weighted by molar-refractivity contribution is 0.0946. The highest BCUT2D eigenvalue weighted by molar-refractivity contribution is 5.93. The molecule has 8 heteroatoms. The first-order valence-corrected chi connectivity index (χ1v) is 9.02. The number of amides is 1. The highest BCUT2D eigenvalue weighted by Crippen LogP contribution is 2.24. The van der Waals surface area contributed by atoms with Gasteiger partial charge in [0.25, 0.3) is 5.91 Å². The van der Waals surface area contributed by atoms with Crippen LogP contribution in [0.5, 0.6) is 0 Å². The van der Waals surface area contributed by atoms with E-state index in [-0.39, 0.29) is 23.0 Å². The van der Waals surface area contributed by atoms with Crippen LogP contribution in [0.4, 0.5) is 20.3 Å². The van der Waals surface area contributed by atoms with Crippen molar-refractivity contribution in [2.45, 2.75) is 0 Å². The normalized spacial score (nSPS) is 10.8. The van der Waals surface area contributed by atoms with Gasteiger partial charge in [-0.3, -0.25) is 4.79 Å². The Hall–Kier alpha value is -3.39. The molecule has 3 aromatic rings. The number of aromatic nitrogens is 2. The Labute approximate surface area is 167 Å². The third-order valence-corrected chi connectivity index (χ3v) is 4.05. The molecule has 3 rings (SSSR count). The standard InChI is InChI=1S/C21H21F2N5O/c1-28(2)12-11-24-21(29)17-13-18(26-19-15(22)9-6-10-16(19)23)27-20(25-17)14-7-4-3-5-8-14/h3-10,13H,11-12H2,1-2H3,(H,24,29)(H,25,26,27). The molecule has 1 aromatic heterocycles. The summed E-state index contributed by atoms with van der Waals surface area (Å²) in [5.41, 5.74) is 0.425. The number of carbonyl (C=O) groups is 1. The van der Waals surface area contributed by atoms with Crippen molar-refractivity contribution >= 4 is 17.4 Å². The molecule has 1 heterocycles. The van der Waals surface area contributed by atoms with Gasteiger partial charge in [0.05, 0.1) is 0 Å². The Kier molecular flexibility index (Phi) is 6.46. The molecule has 6 nitrogen and oxygen atoms in total. The molecular weight excluding hydrogens is 376 g/mol. The van der Waals surface area contributed by atoms with Crippen molar-refractivity contribution in [1.82, 2.24) is 20.2 Å². The minimum absolute atomic E-state index is 0.0943. The number of nitrogens with zero attached hydrogens (tertiary/aromatic N) is 3. The monoisotopic (exact) mass is 397 g/mol. The van der Waals surface area contributed by atoms with E-state index in [0.29, 0.717) is 18.7 Å². The van der Waals surface area contributed by atoms with Crippen LogP contribution in [0.3, 0.4) is 0 Å².